The first kappa shape index (κ1) is 20.5. The van der Waals surface area contributed by atoms with E-state index in [0.29, 0.717) is 22.6 Å². The third-order valence-corrected chi connectivity index (χ3v) is 4.26. The van der Waals surface area contributed by atoms with E-state index in [1.54, 1.807) is 36.4 Å². The third kappa shape index (κ3) is 6.15. The molecule has 3 rings (SSSR count). The number of anilines is 1. The normalized spacial score (nSPS) is 11.7. The van der Waals surface area contributed by atoms with Crippen molar-refractivity contribution >= 4 is 15.7 Å². The molecular formula is C20H16F3NO4S. The Hall–Kier alpha value is -3.20. The SMILES string of the molecule is CS(=O)(=O)Nc1ccc(-c2ccc(Oc3ccccc3)cc2)cc1OC(F)(F)F. The molecule has 0 saturated carbocycles. The molecule has 0 heterocycles. The molecule has 0 bridgehead atoms. The summed E-state index contributed by atoms with van der Waals surface area (Å²) in [5.41, 5.74) is 0.704. The zero-order chi connectivity index (χ0) is 21.1. The van der Waals surface area contributed by atoms with Gasteiger partial charge in [-0.1, -0.05) is 36.4 Å². The van der Waals surface area contributed by atoms with E-state index < -0.39 is 22.1 Å². The van der Waals surface area contributed by atoms with Crippen LogP contribution in [-0.4, -0.2) is 21.0 Å². The summed E-state index contributed by atoms with van der Waals surface area (Å²) in [7, 11) is -3.78. The molecule has 0 fully saturated rings. The molecule has 0 radical (unpaired) electrons. The maximum atomic E-state index is 12.7. The van der Waals surface area contributed by atoms with Gasteiger partial charge in [0.05, 0.1) is 11.9 Å². The zero-order valence-corrected chi connectivity index (χ0v) is 15.9. The van der Waals surface area contributed by atoms with Crippen LogP contribution in [0.5, 0.6) is 17.2 Å². The third-order valence-electron chi connectivity index (χ3n) is 3.67. The minimum absolute atomic E-state index is 0.308. The highest BCUT2D eigenvalue weighted by atomic mass is 32.2. The van der Waals surface area contributed by atoms with Gasteiger partial charge in [0.15, 0.2) is 5.75 Å². The second kappa shape index (κ2) is 8.04. The van der Waals surface area contributed by atoms with Crippen molar-refractivity contribution < 1.29 is 31.1 Å². The van der Waals surface area contributed by atoms with Crippen LogP contribution in [0.1, 0.15) is 0 Å². The number of nitrogens with one attached hydrogen (secondary N) is 1. The summed E-state index contributed by atoms with van der Waals surface area (Å²) in [6.45, 7) is 0. The lowest BCUT2D eigenvalue weighted by Gasteiger charge is -2.15. The van der Waals surface area contributed by atoms with E-state index in [0.717, 1.165) is 12.3 Å². The predicted octanol–water partition coefficient (Wildman–Crippen LogP) is 5.42. The van der Waals surface area contributed by atoms with Crippen LogP contribution in [0.15, 0.2) is 72.8 Å². The summed E-state index contributed by atoms with van der Waals surface area (Å²) in [5, 5.41) is 0. The molecule has 9 heteroatoms. The molecule has 0 saturated heterocycles. The Bertz CT molecular complexity index is 1080. The van der Waals surface area contributed by atoms with Crippen molar-refractivity contribution in [3.05, 3.63) is 72.8 Å². The number of ether oxygens (including phenoxy) is 2. The summed E-state index contributed by atoms with van der Waals surface area (Å²) in [6.07, 6.45) is -4.14. The smallest absolute Gasteiger partial charge is 0.457 e. The van der Waals surface area contributed by atoms with Crippen LogP contribution in [0.4, 0.5) is 18.9 Å². The van der Waals surface area contributed by atoms with E-state index >= 15 is 0 Å². The van der Waals surface area contributed by atoms with Crippen LogP contribution in [-0.2, 0) is 10.0 Å². The molecule has 0 aliphatic carbocycles. The maximum Gasteiger partial charge on any atom is 0.573 e. The van der Waals surface area contributed by atoms with Gasteiger partial charge in [-0.25, -0.2) is 8.42 Å². The molecule has 0 aliphatic heterocycles. The van der Waals surface area contributed by atoms with E-state index in [1.165, 1.54) is 12.1 Å². The van der Waals surface area contributed by atoms with Crippen LogP contribution in [0.3, 0.4) is 0 Å². The van der Waals surface area contributed by atoms with Crippen LogP contribution in [0, 0.1) is 0 Å². The standard InChI is InChI=1S/C20H16F3NO4S/c1-29(25,26)24-18-12-9-15(13-19(18)28-20(21,22)23)14-7-10-17(11-8-14)27-16-5-3-2-4-6-16/h2-13,24H,1H3. The quantitative estimate of drug-likeness (QED) is 0.575. The number of sulfonamides is 1. The molecule has 152 valence electrons. The van der Waals surface area contributed by atoms with Crippen molar-refractivity contribution in [1.29, 1.82) is 0 Å². The second-order valence-corrected chi connectivity index (χ2v) is 7.82. The summed E-state index contributed by atoms with van der Waals surface area (Å²) < 4.78 is 72.7. The molecule has 0 aliphatic rings. The van der Waals surface area contributed by atoms with Gasteiger partial charge in [0.25, 0.3) is 0 Å². The second-order valence-electron chi connectivity index (χ2n) is 6.07. The highest BCUT2D eigenvalue weighted by Gasteiger charge is 2.32. The van der Waals surface area contributed by atoms with E-state index in [2.05, 4.69) is 4.74 Å². The monoisotopic (exact) mass is 423 g/mol. The van der Waals surface area contributed by atoms with E-state index in [9.17, 15) is 21.6 Å². The van der Waals surface area contributed by atoms with Gasteiger partial charge >= 0.3 is 6.36 Å². The number of para-hydroxylation sites is 1. The van der Waals surface area contributed by atoms with Crippen LogP contribution in [0.2, 0.25) is 0 Å². The lowest BCUT2D eigenvalue weighted by Crippen LogP contribution is -2.19. The van der Waals surface area contributed by atoms with Crippen LogP contribution < -0.4 is 14.2 Å². The first-order valence-corrected chi connectivity index (χ1v) is 10.2. The average Bonchev–Trinajstić information content (AvgIpc) is 2.62. The van der Waals surface area contributed by atoms with Crippen LogP contribution in [0.25, 0.3) is 11.1 Å². The number of rotatable bonds is 6. The van der Waals surface area contributed by atoms with Gasteiger partial charge in [0.1, 0.15) is 11.5 Å². The van der Waals surface area contributed by atoms with Gasteiger partial charge in [-0.3, -0.25) is 4.72 Å². The number of hydrogen-bond acceptors (Lipinski definition) is 4. The van der Waals surface area contributed by atoms with E-state index in [4.69, 9.17) is 4.74 Å². The maximum absolute atomic E-state index is 12.7. The Morgan fingerprint density at radius 2 is 1.41 bits per heavy atom. The molecule has 5 nitrogen and oxygen atoms in total. The van der Waals surface area contributed by atoms with Gasteiger partial charge in [0.2, 0.25) is 10.0 Å². The highest BCUT2D eigenvalue weighted by Crippen LogP contribution is 2.35. The molecule has 3 aromatic rings. The zero-order valence-electron chi connectivity index (χ0n) is 15.1. The summed E-state index contributed by atoms with van der Waals surface area (Å²) >= 11 is 0. The van der Waals surface area contributed by atoms with Crippen molar-refractivity contribution in [3.63, 3.8) is 0 Å². The fraction of sp³-hybridized carbons (Fsp3) is 0.100. The summed E-state index contributed by atoms with van der Waals surface area (Å²) in [5.74, 6) is 0.560. The minimum atomic E-state index is -4.97. The first-order chi connectivity index (χ1) is 13.6. The minimum Gasteiger partial charge on any atom is -0.457 e. The van der Waals surface area contributed by atoms with Crippen LogP contribution >= 0.6 is 0 Å². The highest BCUT2D eigenvalue weighted by molar-refractivity contribution is 7.92. The molecule has 29 heavy (non-hydrogen) atoms. The lowest BCUT2D eigenvalue weighted by atomic mass is 10.0. The van der Waals surface area contributed by atoms with Gasteiger partial charge in [-0.15, -0.1) is 13.2 Å². The van der Waals surface area contributed by atoms with Crippen molar-refractivity contribution in [1.82, 2.24) is 0 Å². The Morgan fingerprint density at radius 3 is 2.00 bits per heavy atom. The Labute approximate surface area is 165 Å². The summed E-state index contributed by atoms with van der Waals surface area (Å²) in [4.78, 5) is 0. The fourth-order valence-electron chi connectivity index (χ4n) is 2.54. The average molecular weight is 423 g/mol. The molecule has 0 aromatic heterocycles. The molecule has 0 atom stereocenters. The molecule has 1 N–H and O–H groups in total. The van der Waals surface area contributed by atoms with E-state index in [1.807, 2.05) is 22.9 Å². The predicted molar refractivity (Wildman–Crippen MR) is 104 cm³/mol. The number of alkyl halides is 3. The van der Waals surface area contributed by atoms with Gasteiger partial charge < -0.3 is 9.47 Å². The molecule has 0 unspecified atom stereocenters. The molecule has 0 spiro atoms. The Morgan fingerprint density at radius 1 is 0.828 bits per heavy atom. The number of benzene rings is 3. The largest absolute Gasteiger partial charge is 0.573 e. The lowest BCUT2D eigenvalue weighted by molar-refractivity contribution is -0.274. The molecular weight excluding hydrogens is 407 g/mol. The Kier molecular flexibility index (Phi) is 5.69. The van der Waals surface area contributed by atoms with Gasteiger partial charge in [0, 0.05) is 0 Å². The van der Waals surface area contributed by atoms with Crippen molar-refractivity contribution in [2.24, 2.45) is 0 Å². The summed E-state index contributed by atoms with van der Waals surface area (Å²) in [6, 6.07) is 19.6. The van der Waals surface area contributed by atoms with Gasteiger partial charge in [-0.05, 0) is 47.5 Å². The molecule has 0 amide bonds. The fourth-order valence-corrected chi connectivity index (χ4v) is 3.10. The van der Waals surface area contributed by atoms with Gasteiger partial charge in [-0.2, -0.15) is 0 Å². The number of halogens is 3. The first-order valence-electron chi connectivity index (χ1n) is 8.30. The molecule has 3 aromatic carbocycles. The van der Waals surface area contributed by atoms with Crippen molar-refractivity contribution in [2.75, 3.05) is 11.0 Å². The van der Waals surface area contributed by atoms with Crippen molar-refractivity contribution in [3.8, 4) is 28.4 Å². The van der Waals surface area contributed by atoms with E-state index in [-0.39, 0.29) is 5.69 Å². The Balaban J connectivity index is 1.88. The topological polar surface area (TPSA) is 64.6 Å². The number of hydrogen-bond donors (Lipinski definition) is 1. The van der Waals surface area contributed by atoms with Crippen molar-refractivity contribution in [2.45, 2.75) is 6.36 Å².